The summed E-state index contributed by atoms with van der Waals surface area (Å²) < 4.78 is 0. The van der Waals surface area contributed by atoms with Gasteiger partial charge in [-0.25, -0.2) is 0 Å². The van der Waals surface area contributed by atoms with Gasteiger partial charge in [-0.2, -0.15) is 0 Å². The summed E-state index contributed by atoms with van der Waals surface area (Å²) in [4.78, 5) is 0. The van der Waals surface area contributed by atoms with Gasteiger partial charge in [-0.15, -0.1) is 0 Å². The van der Waals surface area contributed by atoms with Crippen LogP contribution in [0.1, 0.15) is 44.5 Å². The standard InChI is InChI=1S/C36H26O2/c37-34-18-13-29(14-19-34)23-32-25-31(12-11-27-7-3-1-4-8-27)26-33(24-30-15-20-35(38)21-16-30)36(32)22-17-28-9-5-2-6-10-28/h1-10,13-16,18-21,25-26,37-38H,23-24H2. The second kappa shape index (κ2) is 11.7. The minimum atomic E-state index is 0.244. The van der Waals surface area contributed by atoms with E-state index in [1.54, 1.807) is 24.3 Å². The van der Waals surface area contributed by atoms with Crippen molar-refractivity contribution in [3.05, 3.63) is 166 Å². The highest BCUT2D eigenvalue weighted by Crippen LogP contribution is 2.25. The summed E-state index contributed by atoms with van der Waals surface area (Å²) in [5.41, 5.74) is 8.11. The molecule has 0 aliphatic heterocycles. The third kappa shape index (κ3) is 6.52. The summed E-state index contributed by atoms with van der Waals surface area (Å²) in [6.45, 7) is 0. The predicted octanol–water partition coefficient (Wildman–Crippen LogP) is 7.08. The van der Waals surface area contributed by atoms with E-state index >= 15 is 0 Å². The summed E-state index contributed by atoms with van der Waals surface area (Å²) >= 11 is 0. The van der Waals surface area contributed by atoms with Crippen LogP contribution in [0.5, 0.6) is 11.5 Å². The fourth-order valence-corrected chi connectivity index (χ4v) is 4.27. The average molecular weight is 491 g/mol. The molecule has 0 unspecified atom stereocenters. The van der Waals surface area contributed by atoms with E-state index < -0.39 is 0 Å². The molecule has 0 fully saturated rings. The molecule has 0 amide bonds. The largest absolute Gasteiger partial charge is 0.508 e. The zero-order valence-corrected chi connectivity index (χ0v) is 20.9. The number of aromatic hydroxyl groups is 2. The molecule has 5 aromatic rings. The Morgan fingerprint density at radius 2 is 0.816 bits per heavy atom. The van der Waals surface area contributed by atoms with Crippen LogP contribution in [0.25, 0.3) is 0 Å². The molecule has 2 heteroatoms. The van der Waals surface area contributed by atoms with Gasteiger partial charge in [0.2, 0.25) is 0 Å². The third-order valence-electron chi connectivity index (χ3n) is 6.19. The monoisotopic (exact) mass is 490 g/mol. The van der Waals surface area contributed by atoms with Gasteiger partial charge in [0.25, 0.3) is 0 Å². The van der Waals surface area contributed by atoms with Crippen molar-refractivity contribution in [1.29, 1.82) is 0 Å². The lowest BCUT2D eigenvalue weighted by Crippen LogP contribution is -2.01. The molecular weight excluding hydrogens is 464 g/mol. The Balaban J connectivity index is 1.65. The molecule has 5 aromatic carbocycles. The molecule has 0 bridgehead atoms. The molecule has 2 N–H and O–H groups in total. The molecule has 0 heterocycles. The minimum Gasteiger partial charge on any atom is -0.508 e. The van der Waals surface area contributed by atoms with Crippen molar-refractivity contribution < 1.29 is 10.2 Å². The van der Waals surface area contributed by atoms with Crippen LogP contribution < -0.4 is 0 Å². The van der Waals surface area contributed by atoms with E-state index in [4.69, 9.17) is 0 Å². The highest BCUT2D eigenvalue weighted by Gasteiger charge is 2.12. The van der Waals surface area contributed by atoms with Crippen molar-refractivity contribution in [2.45, 2.75) is 12.8 Å². The van der Waals surface area contributed by atoms with Crippen LogP contribution in [0, 0.1) is 23.7 Å². The van der Waals surface area contributed by atoms with Crippen molar-refractivity contribution in [1.82, 2.24) is 0 Å². The Kier molecular flexibility index (Phi) is 7.55. The lowest BCUT2D eigenvalue weighted by atomic mass is 9.90. The Morgan fingerprint density at radius 1 is 0.421 bits per heavy atom. The Labute approximate surface area is 223 Å². The van der Waals surface area contributed by atoms with Gasteiger partial charge in [0.05, 0.1) is 0 Å². The maximum Gasteiger partial charge on any atom is 0.115 e. The van der Waals surface area contributed by atoms with E-state index in [0.717, 1.165) is 44.5 Å². The Bertz CT molecular complexity index is 1580. The maximum absolute atomic E-state index is 9.78. The normalized spacial score (nSPS) is 10.1. The van der Waals surface area contributed by atoms with Crippen molar-refractivity contribution >= 4 is 0 Å². The first-order chi connectivity index (χ1) is 18.6. The number of phenols is 2. The van der Waals surface area contributed by atoms with Crippen molar-refractivity contribution in [2.24, 2.45) is 0 Å². The number of hydrogen-bond donors (Lipinski definition) is 2. The molecule has 38 heavy (non-hydrogen) atoms. The SMILES string of the molecule is Oc1ccc(Cc2cc(C#Cc3ccccc3)cc(Cc3ccc(O)cc3)c2C#Cc2ccccc2)cc1. The van der Waals surface area contributed by atoms with Gasteiger partial charge < -0.3 is 10.2 Å². The van der Waals surface area contributed by atoms with Gasteiger partial charge in [0.15, 0.2) is 0 Å². The molecule has 0 spiro atoms. The van der Waals surface area contributed by atoms with E-state index in [1.165, 1.54) is 0 Å². The lowest BCUT2D eigenvalue weighted by Gasteiger charge is -2.13. The van der Waals surface area contributed by atoms with Gasteiger partial charge in [-0.3, -0.25) is 0 Å². The molecule has 0 saturated carbocycles. The fourth-order valence-electron chi connectivity index (χ4n) is 4.27. The Hall–Kier alpha value is -5.18. The smallest absolute Gasteiger partial charge is 0.115 e. The summed E-state index contributed by atoms with van der Waals surface area (Å²) in [5.74, 6) is 13.9. The van der Waals surface area contributed by atoms with Gasteiger partial charge in [0.1, 0.15) is 11.5 Å². The van der Waals surface area contributed by atoms with E-state index in [1.807, 2.05) is 84.9 Å². The Morgan fingerprint density at radius 3 is 1.26 bits per heavy atom. The molecule has 0 saturated heterocycles. The molecule has 0 aliphatic carbocycles. The lowest BCUT2D eigenvalue weighted by molar-refractivity contribution is 0.474. The van der Waals surface area contributed by atoms with Crippen LogP contribution in [0.15, 0.2) is 121 Å². The molecule has 5 rings (SSSR count). The van der Waals surface area contributed by atoms with Gasteiger partial charge in [-0.05, 0) is 95.8 Å². The molecule has 0 atom stereocenters. The summed E-state index contributed by atoms with van der Waals surface area (Å²) in [7, 11) is 0. The van der Waals surface area contributed by atoms with Crippen LogP contribution in [-0.4, -0.2) is 10.2 Å². The van der Waals surface area contributed by atoms with Gasteiger partial charge >= 0.3 is 0 Å². The molecule has 0 aliphatic rings. The minimum absolute atomic E-state index is 0.244. The van der Waals surface area contributed by atoms with Crippen LogP contribution in [0.2, 0.25) is 0 Å². The van der Waals surface area contributed by atoms with Gasteiger partial charge in [0, 0.05) is 22.3 Å². The molecule has 0 aromatic heterocycles. The highest BCUT2D eigenvalue weighted by molar-refractivity contribution is 5.58. The summed E-state index contributed by atoms with van der Waals surface area (Å²) in [6.07, 6.45) is 1.31. The first-order valence-corrected chi connectivity index (χ1v) is 12.5. The first kappa shape index (κ1) is 24.5. The predicted molar refractivity (Wildman–Crippen MR) is 153 cm³/mol. The first-order valence-electron chi connectivity index (χ1n) is 12.5. The second-order valence-corrected chi connectivity index (χ2v) is 9.09. The zero-order valence-electron chi connectivity index (χ0n) is 20.9. The number of rotatable bonds is 4. The van der Waals surface area contributed by atoms with E-state index in [-0.39, 0.29) is 11.5 Å². The topological polar surface area (TPSA) is 40.5 Å². The fraction of sp³-hybridized carbons (Fsp3) is 0.0556. The molecule has 2 nitrogen and oxygen atoms in total. The number of phenolic OH excluding ortho intramolecular Hbond substituents is 2. The van der Waals surface area contributed by atoms with Gasteiger partial charge in [-0.1, -0.05) is 84.3 Å². The third-order valence-corrected chi connectivity index (χ3v) is 6.19. The second-order valence-electron chi connectivity index (χ2n) is 9.09. The summed E-state index contributed by atoms with van der Waals surface area (Å²) in [5, 5.41) is 19.6. The van der Waals surface area contributed by atoms with Crippen molar-refractivity contribution in [2.75, 3.05) is 0 Å². The quantitative estimate of drug-likeness (QED) is 0.264. The molecular formula is C36H26O2. The number of benzene rings is 5. The molecule has 182 valence electrons. The van der Waals surface area contributed by atoms with Crippen LogP contribution in [0.3, 0.4) is 0 Å². The summed E-state index contributed by atoms with van der Waals surface area (Å²) in [6, 6.07) is 38.8. The van der Waals surface area contributed by atoms with Crippen molar-refractivity contribution in [3.8, 4) is 35.2 Å². The van der Waals surface area contributed by atoms with Crippen LogP contribution in [0.4, 0.5) is 0 Å². The van der Waals surface area contributed by atoms with E-state index in [2.05, 4.69) is 35.8 Å². The maximum atomic E-state index is 9.78. The number of hydrogen-bond acceptors (Lipinski definition) is 2. The van der Waals surface area contributed by atoms with E-state index in [0.29, 0.717) is 12.8 Å². The highest BCUT2D eigenvalue weighted by atomic mass is 16.3. The van der Waals surface area contributed by atoms with Crippen molar-refractivity contribution in [3.63, 3.8) is 0 Å². The van der Waals surface area contributed by atoms with Crippen LogP contribution >= 0.6 is 0 Å². The molecule has 0 radical (unpaired) electrons. The zero-order chi connectivity index (χ0) is 26.2. The average Bonchev–Trinajstić information content (AvgIpc) is 2.95. The van der Waals surface area contributed by atoms with Crippen LogP contribution in [-0.2, 0) is 12.8 Å². The van der Waals surface area contributed by atoms with E-state index in [9.17, 15) is 10.2 Å².